The summed E-state index contributed by atoms with van der Waals surface area (Å²) in [6.45, 7) is 2.26. The molecule has 10 heteroatoms. The molecule has 1 unspecified atom stereocenters. The summed E-state index contributed by atoms with van der Waals surface area (Å²) in [4.78, 5) is 29.1. The van der Waals surface area contributed by atoms with Gasteiger partial charge in [0.15, 0.2) is 0 Å². The fourth-order valence-corrected chi connectivity index (χ4v) is 5.54. The number of sulfonamides is 1. The summed E-state index contributed by atoms with van der Waals surface area (Å²) in [5, 5.41) is 2.98. The average molecular weight is 726 g/mol. The number of nitrogens with zero attached hydrogens (tertiary/aromatic N) is 2. The van der Waals surface area contributed by atoms with Crippen LogP contribution in [0.2, 0.25) is 0 Å². The second-order valence-corrected chi connectivity index (χ2v) is 13.3. The molecule has 0 radical (unpaired) electrons. The van der Waals surface area contributed by atoms with Crippen LogP contribution in [0.5, 0.6) is 0 Å². The summed E-state index contributed by atoms with van der Waals surface area (Å²) in [6, 6.07) is 23.1. The highest BCUT2D eigenvalue weighted by molar-refractivity contribution is 14.1. The molecule has 0 aliphatic rings. The Morgan fingerprint density at radius 3 is 2.18 bits per heavy atom. The molecule has 3 aromatic rings. The summed E-state index contributed by atoms with van der Waals surface area (Å²) >= 11 is 5.58. The number of hydrogen-bond acceptors (Lipinski definition) is 4. The molecule has 0 heterocycles. The summed E-state index contributed by atoms with van der Waals surface area (Å²) in [7, 11) is -3.78. The van der Waals surface area contributed by atoms with Crippen LogP contribution in [0.1, 0.15) is 30.9 Å². The monoisotopic (exact) mass is 725 g/mol. The number of nitrogens with one attached hydrogen (secondary N) is 1. The number of amides is 2. The van der Waals surface area contributed by atoms with Gasteiger partial charge in [-0.15, -0.1) is 0 Å². The first-order chi connectivity index (χ1) is 18.6. The molecule has 1 atom stereocenters. The molecule has 0 saturated carbocycles. The van der Waals surface area contributed by atoms with Crippen LogP contribution in [0.3, 0.4) is 0 Å². The van der Waals surface area contributed by atoms with Crippen molar-refractivity contribution in [2.45, 2.75) is 38.8 Å². The van der Waals surface area contributed by atoms with Gasteiger partial charge in [0.25, 0.3) is 0 Å². The number of benzene rings is 3. The highest BCUT2D eigenvalue weighted by Gasteiger charge is 2.32. The van der Waals surface area contributed by atoms with Gasteiger partial charge in [0, 0.05) is 27.6 Å². The van der Waals surface area contributed by atoms with Crippen molar-refractivity contribution in [3.63, 3.8) is 0 Å². The maximum atomic E-state index is 14.0. The van der Waals surface area contributed by atoms with Gasteiger partial charge >= 0.3 is 0 Å². The summed E-state index contributed by atoms with van der Waals surface area (Å²) in [5.74, 6) is -0.730. The largest absolute Gasteiger partial charge is 0.354 e. The van der Waals surface area contributed by atoms with E-state index >= 15 is 0 Å². The first-order valence-electron chi connectivity index (χ1n) is 12.7. The first kappa shape index (κ1) is 31.1. The standard InChI is InChI=1S/C29H33BrIN3O4S/c1-3-4-18-32-29(36)27(19-22-8-6-5-7-9-22)33(20-23-10-12-24(30)13-11-23)28(35)21-34(39(2,37)38)26-16-14-25(31)15-17-26/h5-17,27H,3-4,18-21H2,1-2H3,(H,32,36). The van der Waals surface area contributed by atoms with Crippen LogP contribution in [-0.4, -0.2) is 50.5 Å². The Morgan fingerprint density at radius 2 is 1.59 bits per heavy atom. The van der Waals surface area contributed by atoms with Gasteiger partial charge < -0.3 is 10.2 Å². The second-order valence-electron chi connectivity index (χ2n) is 9.24. The molecule has 39 heavy (non-hydrogen) atoms. The van der Waals surface area contributed by atoms with Crippen molar-refractivity contribution < 1.29 is 18.0 Å². The Hall–Kier alpha value is -2.44. The van der Waals surface area contributed by atoms with Crippen molar-refractivity contribution in [2.24, 2.45) is 0 Å². The molecule has 0 fully saturated rings. The number of anilines is 1. The number of halogens is 2. The number of carbonyl (C=O) groups excluding carboxylic acids is 2. The van der Waals surface area contributed by atoms with E-state index in [2.05, 4.69) is 43.8 Å². The molecule has 3 rings (SSSR count). The van der Waals surface area contributed by atoms with Crippen molar-refractivity contribution in [1.29, 1.82) is 0 Å². The lowest BCUT2D eigenvalue weighted by atomic mass is 10.0. The smallest absolute Gasteiger partial charge is 0.244 e. The molecular weight excluding hydrogens is 693 g/mol. The van der Waals surface area contributed by atoms with Gasteiger partial charge in [0.05, 0.1) is 11.9 Å². The third kappa shape index (κ3) is 9.61. The summed E-state index contributed by atoms with van der Waals surface area (Å²) in [6.07, 6.45) is 3.11. The molecule has 0 aliphatic carbocycles. The molecule has 1 N–H and O–H groups in total. The van der Waals surface area contributed by atoms with E-state index in [9.17, 15) is 18.0 Å². The van der Waals surface area contributed by atoms with Crippen LogP contribution < -0.4 is 9.62 Å². The van der Waals surface area contributed by atoms with Gasteiger partial charge in [0.2, 0.25) is 21.8 Å². The van der Waals surface area contributed by atoms with Gasteiger partial charge in [-0.25, -0.2) is 8.42 Å². The third-order valence-electron chi connectivity index (χ3n) is 6.16. The van der Waals surface area contributed by atoms with Crippen molar-refractivity contribution >= 4 is 66.0 Å². The molecule has 7 nitrogen and oxygen atoms in total. The van der Waals surface area contributed by atoms with E-state index in [-0.39, 0.29) is 12.5 Å². The highest BCUT2D eigenvalue weighted by Crippen LogP contribution is 2.22. The van der Waals surface area contributed by atoms with E-state index in [0.717, 1.165) is 42.6 Å². The SMILES string of the molecule is CCCCNC(=O)C(Cc1ccccc1)N(Cc1ccc(Br)cc1)C(=O)CN(c1ccc(I)cc1)S(C)(=O)=O. The third-order valence-corrected chi connectivity index (χ3v) is 8.55. The van der Waals surface area contributed by atoms with E-state index in [1.54, 1.807) is 24.3 Å². The summed E-state index contributed by atoms with van der Waals surface area (Å²) in [5.41, 5.74) is 2.12. The zero-order valence-electron chi connectivity index (χ0n) is 22.0. The zero-order valence-corrected chi connectivity index (χ0v) is 26.6. The molecule has 2 amide bonds. The van der Waals surface area contributed by atoms with Gasteiger partial charge in [-0.3, -0.25) is 13.9 Å². The number of carbonyl (C=O) groups is 2. The molecular formula is C29H33BrIN3O4S. The first-order valence-corrected chi connectivity index (χ1v) is 16.4. The molecule has 208 valence electrons. The topological polar surface area (TPSA) is 86.8 Å². The summed E-state index contributed by atoms with van der Waals surface area (Å²) < 4.78 is 28.5. The van der Waals surface area contributed by atoms with Crippen molar-refractivity contribution in [1.82, 2.24) is 10.2 Å². The van der Waals surface area contributed by atoms with Crippen molar-refractivity contribution in [3.05, 3.63) is 98.0 Å². The molecule has 3 aromatic carbocycles. The van der Waals surface area contributed by atoms with E-state index in [1.807, 2.05) is 61.5 Å². The van der Waals surface area contributed by atoms with Crippen molar-refractivity contribution in [2.75, 3.05) is 23.7 Å². The second kappa shape index (κ2) is 14.8. The minimum Gasteiger partial charge on any atom is -0.354 e. The quantitative estimate of drug-likeness (QED) is 0.190. The maximum absolute atomic E-state index is 14.0. The number of unbranched alkanes of at least 4 members (excludes halogenated alkanes) is 1. The van der Waals surface area contributed by atoms with Crippen molar-refractivity contribution in [3.8, 4) is 0 Å². The predicted molar refractivity (Wildman–Crippen MR) is 168 cm³/mol. The Morgan fingerprint density at radius 1 is 0.949 bits per heavy atom. The Labute approximate surface area is 253 Å². The van der Waals surface area contributed by atoms with Gasteiger partial charge in [-0.05, 0) is 76.5 Å². The molecule has 0 aromatic heterocycles. The fraction of sp³-hybridized carbons (Fsp3) is 0.310. The lowest BCUT2D eigenvalue weighted by Gasteiger charge is -2.33. The Bertz CT molecular complexity index is 1340. The van der Waals surface area contributed by atoms with Gasteiger partial charge in [0.1, 0.15) is 12.6 Å². The van der Waals surface area contributed by atoms with Crippen LogP contribution in [0.4, 0.5) is 5.69 Å². The number of hydrogen-bond donors (Lipinski definition) is 1. The predicted octanol–water partition coefficient (Wildman–Crippen LogP) is 5.38. The minimum atomic E-state index is -3.78. The lowest BCUT2D eigenvalue weighted by molar-refractivity contribution is -0.140. The molecule has 0 spiro atoms. The lowest BCUT2D eigenvalue weighted by Crippen LogP contribution is -2.53. The van der Waals surface area contributed by atoms with Gasteiger partial charge in [-0.1, -0.05) is 71.7 Å². The Kier molecular flexibility index (Phi) is 11.8. The molecule has 0 saturated heterocycles. The maximum Gasteiger partial charge on any atom is 0.244 e. The molecule has 0 aliphatic heterocycles. The van der Waals surface area contributed by atoms with Crippen LogP contribution in [0.15, 0.2) is 83.3 Å². The van der Waals surface area contributed by atoms with Crippen LogP contribution in [0.25, 0.3) is 0 Å². The van der Waals surface area contributed by atoms with Crippen LogP contribution in [-0.2, 0) is 32.6 Å². The van der Waals surface area contributed by atoms with E-state index in [0.29, 0.717) is 18.7 Å². The molecule has 0 bridgehead atoms. The average Bonchev–Trinajstić information content (AvgIpc) is 2.91. The number of rotatable bonds is 13. The van der Waals surface area contributed by atoms with E-state index < -0.39 is 28.5 Å². The Balaban J connectivity index is 2.01. The fourth-order valence-electron chi connectivity index (χ4n) is 4.07. The normalized spacial score (nSPS) is 12.0. The van der Waals surface area contributed by atoms with E-state index in [4.69, 9.17) is 0 Å². The van der Waals surface area contributed by atoms with E-state index in [1.165, 1.54) is 4.90 Å². The highest BCUT2D eigenvalue weighted by atomic mass is 127. The van der Waals surface area contributed by atoms with Crippen LogP contribution in [0, 0.1) is 3.57 Å². The zero-order chi connectivity index (χ0) is 28.4. The van der Waals surface area contributed by atoms with Gasteiger partial charge in [-0.2, -0.15) is 0 Å². The minimum absolute atomic E-state index is 0.148. The van der Waals surface area contributed by atoms with Crippen LogP contribution >= 0.6 is 38.5 Å².